The minimum absolute atomic E-state index is 0.0704. The molecule has 1 aliphatic rings. The number of aliphatic carboxylic acids is 1. The summed E-state index contributed by atoms with van der Waals surface area (Å²) in [7, 11) is 0. The van der Waals surface area contributed by atoms with Crippen molar-refractivity contribution in [3.63, 3.8) is 0 Å². The summed E-state index contributed by atoms with van der Waals surface area (Å²) in [6, 6.07) is 3.28. The molecule has 1 atom stereocenters. The van der Waals surface area contributed by atoms with Crippen LogP contribution in [0.3, 0.4) is 0 Å². The minimum atomic E-state index is -1.33. The molecule has 3 N–H and O–H groups in total. The summed E-state index contributed by atoms with van der Waals surface area (Å²) < 4.78 is 0. The van der Waals surface area contributed by atoms with E-state index in [1.807, 2.05) is 0 Å². The predicted octanol–water partition coefficient (Wildman–Crippen LogP) is 0.520. The smallest absolute Gasteiger partial charge is 0.335 e. The van der Waals surface area contributed by atoms with E-state index < -0.39 is 29.7 Å². The molecule has 0 bridgehead atoms. The zero-order chi connectivity index (χ0) is 15.7. The van der Waals surface area contributed by atoms with Crippen LogP contribution in [0.25, 0.3) is 0 Å². The van der Waals surface area contributed by atoms with Crippen LogP contribution >= 0.6 is 0 Å². The Balaban J connectivity index is 2.44. The Kier molecular flexibility index (Phi) is 3.62. The van der Waals surface area contributed by atoms with Gasteiger partial charge in [-0.25, -0.2) is 9.59 Å². The average molecular weight is 293 g/mol. The molecule has 0 radical (unpaired) electrons. The van der Waals surface area contributed by atoms with Crippen molar-refractivity contribution in [1.29, 1.82) is 0 Å². The second-order valence-corrected chi connectivity index (χ2v) is 4.62. The standard InChI is InChI=1S/C13H11NO7/c15-10-4-8(13(20)21)5-14(10)9-2-6(11(16)17)1-7(3-9)12(18)19/h1-3,8H,4-5H2,(H,16,17)(H,18,19)(H,20,21). The number of carbonyl (C=O) groups excluding carboxylic acids is 1. The normalized spacial score (nSPS) is 17.8. The Morgan fingerprint density at radius 1 is 1.00 bits per heavy atom. The van der Waals surface area contributed by atoms with Crippen LogP contribution in [-0.4, -0.2) is 45.7 Å². The van der Waals surface area contributed by atoms with Crippen LogP contribution in [0.15, 0.2) is 18.2 Å². The molecule has 1 aromatic carbocycles. The largest absolute Gasteiger partial charge is 0.481 e. The number of anilines is 1. The van der Waals surface area contributed by atoms with Crippen molar-refractivity contribution in [2.75, 3.05) is 11.4 Å². The molecular weight excluding hydrogens is 282 g/mol. The van der Waals surface area contributed by atoms with Crippen molar-refractivity contribution >= 4 is 29.5 Å². The number of hydrogen-bond acceptors (Lipinski definition) is 4. The number of hydrogen-bond donors (Lipinski definition) is 3. The van der Waals surface area contributed by atoms with Crippen molar-refractivity contribution < 1.29 is 34.5 Å². The van der Waals surface area contributed by atoms with E-state index in [0.29, 0.717) is 0 Å². The van der Waals surface area contributed by atoms with E-state index in [-0.39, 0.29) is 29.8 Å². The van der Waals surface area contributed by atoms with Gasteiger partial charge in [0.15, 0.2) is 0 Å². The molecule has 0 aliphatic carbocycles. The van der Waals surface area contributed by atoms with Crippen LogP contribution in [0.4, 0.5) is 5.69 Å². The van der Waals surface area contributed by atoms with E-state index >= 15 is 0 Å². The van der Waals surface area contributed by atoms with Crippen LogP contribution < -0.4 is 4.90 Å². The molecule has 0 aromatic heterocycles. The van der Waals surface area contributed by atoms with Gasteiger partial charge in [-0.15, -0.1) is 0 Å². The number of benzene rings is 1. The molecule has 1 aliphatic heterocycles. The molecule has 1 fully saturated rings. The van der Waals surface area contributed by atoms with Gasteiger partial charge in [-0.3, -0.25) is 9.59 Å². The van der Waals surface area contributed by atoms with Crippen LogP contribution in [0, 0.1) is 5.92 Å². The van der Waals surface area contributed by atoms with Gasteiger partial charge in [-0.05, 0) is 18.2 Å². The van der Waals surface area contributed by atoms with E-state index in [1.54, 1.807) is 0 Å². The molecule has 0 saturated carbocycles. The summed E-state index contributed by atoms with van der Waals surface area (Å²) in [5.41, 5.74) is -0.492. The third-order valence-electron chi connectivity index (χ3n) is 3.20. The highest BCUT2D eigenvalue weighted by atomic mass is 16.4. The highest BCUT2D eigenvalue weighted by molar-refractivity contribution is 6.02. The minimum Gasteiger partial charge on any atom is -0.481 e. The maximum Gasteiger partial charge on any atom is 0.335 e. The van der Waals surface area contributed by atoms with Crippen LogP contribution in [0.1, 0.15) is 27.1 Å². The number of rotatable bonds is 4. The molecule has 1 unspecified atom stereocenters. The third kappa shape index (κ3) is 2.83. The summed E-state index contributed by atoms with van der Waals surface area (Å²) in [5.74, 6) is -5.17. The zero-order valence-electron chi connectivity index (χ0n) is 10.6. The van der Waals surface area contributed by atoms with Gasteiger partial charge in [0.2, 0.25) is 5.91 Å². The van der Waals surface area contributed by atoms with Gasteiger partial charge in [-0.2, -0.15) is 0 Å². The average Bonchev–Trinajstić information content (AvgIpc) is 2.80. The topological polar surface area (TPSA) is 132 Å². The quantitative estimate of drug-likeness (QED) is 0.737. The maximum atomic E-state index is 11.8. The van der Waals surface area contributed by atoms with Crippen LogP contribution in [-0.2, 0) is 9.59 Å². The van der Waals surface area contributed by atoms with E-state index in [2.05, 4.69) is 0 Å². The summed E-state index contributed by atoms with van der Waals surface area (Å²) in [6.45, 7) is -0.115. The van der Waals surface area contributed by atoms with Crippen LogP contribution in [0.2, 0.25) is 0 Å². The molecule has 1 amide bonds. The maximum absolute atomic E-state index is 11.8. The molecule has 8 heteroatoms. The number of carboxylic acid groups (broad SMARTS) is 3. The fourth-order valence-corrected chi connectivity index (χ4v) is 2.14. The van der Waals surface area contributed by atoms with Crippen molar-refractivity contribution in [3.8, 4) is 0 Å². The molecule has 1 heterocycles. The summed E-state index contributed by atoms with van der Waals surface area (Å²) >= 11 is 0. The number of carboxylic acids is 3. The van der Waals surface area contributed by atoms with Crippen molar-refractivity contribution in [2.24, 2.45) is 5.92 Å². The van der Waals surface area contributed by atoms with Gasteiger partial charge in [0, 0.05) is 18.7 Å². The highest BCUT2D eigenvalue weighted by Crippen LogP contribution is 2.27. The van der Waals surface area contributed by atoms with E-state index in [0.717, 1.165) is 23.1 Å². The molecule has 1 saturated heterocycles. The molecule has 0 spiro atoms. The first-order chi connectivity index (χ1) is 9.79. The summed E-state index contributed by atoms with van der Waals surface area (Å²) in [5, 5.41) is 26.9. The van der Waals surface area contributed by atoms with Crippen LogP contribution in [0.5, 0.6) is 0 Å². The first kappa shape index (κ1) is 14.5. The van der Waals surface area contributed by atoms with E-state index in [1.165, 1.54) is 0 Å². The molecule has 1 aromatic rings. The number of aromatic carboxylic acids is 2. The molecule has 2 rings (SSSR count). The molecule has 110 valence electrons. The fraction of sp³-hybridized carbons (Fsp3) is 0.231. The SMILES string of the molecule is O=C(O)c1cc(C(=O)O)cc(N2CC(C(=O)O)CC2=O)c1. The van der Waals surface area contributed by atoms with E-state index in [4.69, 9.17) is 15.3 Å². The van der Waals surface area contributed by atoms with Gasteiger partial charge in [0.1, 0.15) is 0 Å². The summed E-state index contributed by atoms with van der Waals surface area (Å²) in [6.07, 6.45) is -0.199. The van der Waals surface area contributed by atoms with Gasteiger partial charge in [0.25, 0.3) is 0 Å². The lowest BCUT2D eigenvalue weighted by atomic mass is 10.1. The van der Waals surface area contributed by atoms with Gasteiger partial charge in [0.05, 0.1) is 17.0 Å². The van der Waals surface area contributed by atoms with Gasteiger partial charge >= 0.3 is 17.9 Å². The number of amides is 1. The zero-order valence-corrected chi connectivity index (χ0v) is 10.6. The van der Waals surface area contributed by atoms with Gasteiger partial charge < -0.3 is 20.2 Å². The number of carbonyl (C=O) groups is 4. The molecule has 21 heavy (non-hydrogen) atoms. The Morgan fingerprint density at radius 3 is 1.90 bits per heavy atom. The second-order valence-electron chi connectivity index (χ2n) is 4.62. The lowest BCUT2D eigenvalue weighted by Gasteiger charge is -2.17. The lowest BCUT2D eigenvalue weighted by molar-refractivity contribution is -0.141. The first-order valence-corrected chi connectivity index (χ1v) is 5.94. The Bertz CT molecular complexity index is 620. The predicted molar refractivity (Wildman–Crippen MR) is 68.5 cm³/mol. The lowest BCUT2D eigenvalue weighted by Crippen LogP contribution is -2.26. The van der Waals surface area contributed by atoms with Crippen molar-refractivity contribution in [3.05, 3.63) is 29.3 Å². The third-order valence-corrected chi connectivity index (χ3v) is 3.20. The van der Waals surface area contributed by atoms with Crippen molar-refractivity contribution in [2.45, 2.75) is 6.42 Å². The molecule has 8 nitrogen and oxygen atoms in total. The second kappa shape index (κ2) is 5.23. The number of nitrogens with zero attached hydrogens (tertiary/aromatic N) is 1. The van der Waals surface area contributed by atoms with Gasteiger partial charge in [-0.1, -0.05) is 0 Å². The van der Waals surface area contributed by atoms with Crippen molar-refractivity contribution in [1.82, 2.24) is 0 Å². The Labute approximate surface area is 118 Å². The Morgan fingerprint density at radius 2 is 1.52 bits per heavy atom. The highest BCUT2D eigenvalue weighted by Gasteiger charge is 2.35. The fourth-order valence-electron chi connectivity index (χ4n) is 2.14. The Hall–Kier alpha value is -2.90. The van der Waals surface area contributed by atoms with E-state index in [9.17, 15) is 19.2 Å². The molecular formula is C13H11NO7. The monoisotopic (exact) mass is 293 g/mol. The first-order valence-electron chi connectivity index (χ1n) is 5.94. The summed E-state index contributed by atoms with van der Waals surface area (Å²) in [4.78, 5) is 45.8.